The Balaban J connectivity index is 0.000000170. The summed E-state index contributed by atoms with van der Waals surface area (Å²) >= 11 is 0. The molecule has 0 aliphatic heterocycles. The Labute approximate surface area is 232 Å². The first-order chi connectivity index (χ1) is 17.9. The second-order valence-electron chi connectivity index (χ2n) is 8.50. The van der Waals surface area contributed by atoms with Crippen LogP contribution >= 0.6 is 0 Å². The van der Waals surface area contributed by atoms with Crippen LogP contribution < -0.4 is 9.55 Å². The van der Waals surface area contributed by atoms with E-state index < -0.39 is 0 Å². The fraction of sp³-hybridized carbons (Fsp3) is 0. The van der Waals surface area contributed by atoms with Crippen LogP contribution in [-0.4, -0.2) is 4.57 Å². The summed E-state index contributed by atoms with van der Waals surface area (Å²) in [5.41, 5.74) is 6.65. The molecule has 3 nitrogen and oxygen atoms in total. The largest absolute Gasteiger partial charge is 0.657 e. The third kappa shape index (κ3) is 5.20. The van der Waals surface area contributed by atoms with E-state index in [9.17, 15) is 0 Å². The van der Waals surface area contributed by atoms with E-state index in [0.717, 1.165) is 28.1 Å². The van der Waals surface area contributed by atoms with Gasteiger partial charge in [-0.1, -0.05) is 115 Å². The number of benzene rings is 5. The van der Waals surface area contributed by atoms with Gasteiger partial charge in [0.15, 0.2) is 0 Å². The number of rotatable bonds is 3. The maximum atomic E-state index is 4.52. The fourth-order valence-corrected chi connectivity index (χ4v) is 4.41. The average molecular weight is 660 g/mol. The van der Waals surface area contributed by atoms with Gasteiger partial charge in [0.05, 0.1) is 17.1 Å². The van der Waals surface area contributed by atoms with Crippen molar-refractivity contribution >= 4 is 21.8 Å². The average Bonchev–Trinajstić information content (AvgIpc) is 3.58. The van der Waals surface area contributed by atoms with E-state index in [1.807, 2.05) is 59.2 Å². The zero-order valence-electron chi connectivity index (χ0n) is 20.0. The molecule has 0 N–H and O–H groups in total. The van der Waals surface area contributed by atoms with Gasteiger partial charge in [0, 0.05) is 28.6 Å². The van der Waals surface area contributed by atoms with E-state index in [-0.39, 0.29) is 22.4 Å². The fourth-order valence-electron chi connectivity index (χ4n) is 4.41. The van der Waals surface area contributed by atoms with Crippen molar-refractivity contribution < 1.29 is 26.9 Å². The monoisotopic (exact) mass is 659 g/mol. The minimum Gasteiger partial charge on any atom is -0.657 e. The molecule has 7 rings (SSSR count). The van der Waals surface area contributed by atoms with Crippen molar-refractivity contribution in [2.24, 2.45) is 0 Å². The molecule has 0 fully saturated rings. The van der Waals surface area contributed by atoms with E-state index in [2.05, 4.69) is 107 Å². The van der Waals surface area contributed by atoms with Crippen LogP contribution in [0.4, 0.5) is 0 Å². The summed E-state index contributed by atoms with van der Waals surface area (Å²) in [6.07, 6.45) is 5.57. The zero-order chi connectivity index (χ0) is 24.2. The summed E-state index contributed by atoms with van der Waals surface area (Å²) < 4.78 is 4.14. The van der Waals surface area contributed by atoms with Gasteiger partial charge in [-0.25, -0.2) is 0 Å². The number of fused-ring (bicyclic) bond motifs is 3. The quantitative estimate of drug-likeness (QED) is 0.112. The molecule has 0 aliphatic carbocycles. The Hall–Kier alpha value is -4.15. The van der Waals surface area contributed by atoms with Crippen LogP contribution in [0.5, 0.6) is 0 Å². The van der Waals surface area contributed by atoms with Crippen molar-refractivity contribution in [3.63, 3.8) is 0 Å². The minimum absolute atomic E-state index is 0. The van der Waals surface area contributed by atoms with Crippen LogP contribution in [0.3, 0.4) is 0 Å². The zero-order valence-corrected chi connectivity index (χ0v) is 22.2. The Bertz CT molecular complexity index is 1610. The van der Waals surface area contributed by atoms with E-state index >= 15 is 0 Å². The number of nitrogens with zero attached hydrogens (tertiary/aromatic N) is 3. The maximum absolute atomic E-state index is 4.52. The van der Waals surface area contributed by atoms with Crippen LogP contribution in [0, 0.1) is 6.33 Å². The molecule has 0 saturated carbocycles. The van der Waals surface area contributed by atoms with Gasteiger partial charge < -0.3 is 4.98 Å². The topological polar surface area (TPSA) is 22.9 Å². The Morgan fingerprint density at radius 2 is 1.03 bits per heavy atom. The molecule has 0 unspecified atom stereocenters. The first kappa shape index (κ1) is 24.5. The second kappa shape index (κ2) is 11.3. The van der Waals surface area contributed by atoms with Crippen LogP contribution in [-0.2, 0) is 22.4 Å². The molecule has 0 amide bonds. The molecule has 183 valence electrons. The van der Waals surface area contributed by atoms with E-state index in [0.29, 0.717) is 0 Å². The summed E-state index contributed by atoms with van der Waals surface area (Å²) in [5, 5.41) is 2.50. The third-order valence-electron chi connectivity index (χ3n) is 6.16. The normalized spacial score (nSPS) is 10.5. The predicted molar refractivity (Wildman–Crippen MR) is 146 cm³/mol. The molecule has 0 aliphatic rings. The minimum atomic E-state index is 0. The van der Waals surface area contributed by atoms with Gasteiger partial charge in [-0.3, -0.25) is 9.13 Å². The van der Waals surface area contributed by atoms with Crippen LogP contribution in [0.15, 0.2) is 146 Å². The molecule has 0 bridgehead atoms. The number of imidazole rings is 1. The smallest absolute Gasteiger partial charge is 0.269 e. The molecular weight excluding hydrogens is 635 g/mol. The summed E-state index contributed by atoms with van der Waals surface area (Å²) in [4.78, 5) is 4.52. The summed E-state index contributed by atoms with van der Waals surface area (Å²) in [5.74, 6) is 0. The molecule has 2 heterocycles. The molecule has 4 heteroatoms. The maximum Gasteiger partial charge on any atom is 0.269 e. The number of hydrogen-bond donors (Lipinski definition) is 0. The van der Waals surface area contributed by atoms with E-state index in [1.54, 1.807) is 0 Å². The summed E-state index contributed by atoms with van der Waals surface area (Å²) in [6, 6.07) is 47.5. The van der Waals surface area contributed by atoms with E-state index in [4.69, 9.17) is 0 Å². The molecule has 5 aromatic carbocycles. The molecule has 7 aromatic rings. The number of aromatic nitrogens is 3. The van der Waals surface area contributed by atoms with Crippen molar-refractivity contribution in [1.29, 1.82) is 0 Å². The summed E-state index contributed by atoms with van der Waals surface area (Å²) in [6.45, 7) is 0. The van der Waals surface area contributed by atoms with Crippen LogP contribution in [0.25, 0.3) is 44.4 Å². The van der Waals surface area contributed by atoms with Crippen molar-refractivity contribution in [3.05, 3.63) is 152 Å². The Morgan fingerprint density at radius 1 is 0.541 bits per heavy atom. The molecule has 0 saturated heterocycles. The van der Waals surface area contributed by atoms with Gasteiger partial charge in [-0.05, 0) is 40.6 Å². The SMILES string of the molecule is [Au].[c-]1n(-c2ccccc2)cc(-c2ccccc2)[n+]1-c1ccccc1.c1ccc2c(c1)[n-]c1ccccc12. The van der Waals surface area contributed by atoms with Crippen molar-refractivity contribution in [1.82, 2.24) is 9.55 Å². The van der Waals surface area contributed by atoms with Gasteiger partial charge in [-0.2, -0.15) is 0 Å². The molecule has 0 atom stereocenters. The number of hydrogen-bond acceptors (Lipinski definition) is 0. The Kier molecular flexibility index (Phi) is 7.48. The molecule has 37 heavy (non-hydrogen) atoms. The van der Waals surface area contributed by atoms with Crippen molar-refractivity contribution in [3.8, 4) is 22.6 Å². The Morgan fingerprint density at radius 3 is 1.62 bits per heavy atom. The van der Waals surface area contributed by atoms with Gasteiger partial charge in [-0.15, -0.1) is 11.0 Å². The molecular formula is C33H24AuN3-. The first-order valence-electron chi connectivity index (χ1n) is 12.0. The molecule has 0 spiro atoms. The van der Waals surface area contributed by atoms with Crippen LogP contribution in [0.2, 0.25) is 0 Å². The standard InChI is InChI=1S/C21H16N2.C12H8N.Au/c1-4-10-18(11-5-1)21-16-22(19-12-6-2-7-13-19)17-23(21)20-14-8-3-9-15-20;1-3-7-11-9(5-1)10-6-2-4-8-12(10)13-11;/h1-16H;1-8H;/q;-1;. The molecule has 1 radical (unpaired) electrons. The predicted octanol–water partition coefficient (Wildman–Crippen LogP) is 7.17. The summed E-state index contributed by atoms with van der Waals surface area (Å²) in [7, 11) is 0. The van der Waals surface area contributed by atoms with Gasteiger partial charge in [0.1, 0.15) is 0 Å². The van der Waals surface area contributed by atoms with Crippen LogP contribution in [0.1, 0.15) is 0 Å². The van der Waals surface area contributed by atoms with Gasteiger partial charge in [0.2, 0.25) is 0 Å². The third-order valence-corrected chi connectivity index (χ3v) is 6.16. The van der Waals surface area contributed by atoms with E-state index in [1.165, 1.54) is 16.3 Å². The first-order valence-corrected chi connectivity index (χ1v) is 12.0. The van der Waals surface area contributed by atoms with Crippen molar-refractivity contribution in [2.75, 3.05) is 0 Å². The van der Waals surface area contributed by atoms with Gasteiger partial charge >= 0.3 is 0 Å². The second-order valence-corrected chi connectivity index (χ2v) is 8.50. The van der Waals surface area contributed by atoms with Crippen molar-refractivity contribution in [2.45, 2.75) is 0 Å². The molecule has 2 aromatic heterocycles. The van der Waals surface area contributed by atoms with Gasteiger partial charge in [0.25, 0.3) is 6.33 Å². The number of para-hydroxylation sites is 4.